The number of nitrogens with zero attached hydrogens (tertiary/aromatic N) is 1. The summed E-state index contributed by atoms with van der Waals surface area (Å²) >= 11 is 9.44. The molecule has 0 atom stereocenters. The molecule has 5 heteroatoms. The molecule has 1 heterocycles. The molecule has 1 N–H and O–H groups in total. The molecule has 0 unspecified atom stereocenters. The van der Waals surface area contributed by atoms with Crippen LogP contribution in [0.4, 0.5) is 0 Å². The van der Waals surface area contributed by atoms with Crippen LogP contribution in [0.2, 0.25) is 5.02 Å². The van der Waals surface area contributed by atoms with Gasteiger partial charge in [-0.25, -0.2) is 0 Å². The van der Waals surface area contributed by atoms with Gasteiger partial charge in [-0.3, -0.25) is 9.69 Å². The molecule has 1 aliphatic heterocycles. The molecule has 0 radical (unpaired) electrons. The summed E-state index contributed by atoms with van der Waals surface area (Å²) in [5.41, 5.74) is 1.25. The molecule has 0 aromatic heterocycles. The molecule has 0 amide bonds. The lowest BCUT2D eigenvalue weighted by molar-refractivity contribution is -0.137. The van der Waals surface area contributed by atoms with Gasteiger partial charge in [-0.15, -0.1) is 0 Å². The standard InChI is InChI=1S/C15H19BrClNO2/c16-13-9-12(1-3-14(13)17)10-18-7-5-11(6-8-18)2-4-15(19)20/h1,3,9,11H,2,4-8,10H2,(H,19,20). The van der Waals surface area contributed by atoms with E-state index in [0.717, 1.165) is 48.4 Å². The molecule has 3 nitrogen and oxygen atoms in total. The van der Waals surface area contributed by atoms with E-state index in [4.69, 9.17) is 16.7 Å². The van der Waals surface area contributed by atoms with Crippen LogP contribution in [0, 0.1) is 5.92 Å². The van der Waals surface area contributed by atoms with E-state index in [1.807, 2.05) is 6.07 Å². The fourth-order valence-electron chi connectivity index (χ4n) is 2.66. The van der Waals surface area contributed by atoms with Gasteiger partial charge in [0.05, 0.1) is 5.02 Å². The second-order valence-electron chi connectivity index (χ2n) is 5.40. The zero-order chi connectivity index (χ0) is 14.5. The van der Waals surface area contributed by atoms with Gasteiger partial charge in [0.25, 0.3) is 0 Å². The van der Waals surface area contributed by atoms with Crippen molar-refractivity contribution < 1.29 is 9.90 Å². The molecule has 0 aliphatic carbocycles. The van der Waals surface area contributed by atoms with Crippen molar-refractivity contribution in [2.24, 2.45) is 5.92 Å². The highest BCUT2D eigenvalue weighted by molar-refractivity contribution is 9.10. The van der Waals surface area contributed by atoms with Crippen molar-refractivity contribution in [1.82, 2.24) is 4.90 Å². The lowest BCUT2D eigenvalue weighted by Crippen LogP contribution is -2.33. The first-order valence-corrected chi connectivity index (χ1v) is 8.10. The Hall–Kier alpha value is -0.580. The van der Waals surface area contributed by atoms with Gasteiger partial charge in [-0.2, -0.15) is 0 Å². The highest BCUT2D eigenvalue weighted by Crippen LogP contribution is 2.26. The normalized spacial score (nSPS) is 17.3. The lowest BCUT2D eigenvalue weighted by Gasteiger charge is -2.31. The summed E-state index contributed by atoms with van der Waals surface area (Å²) in [7, 11) is 0. The Kier molecular flexibility index (Phi) is 5.87. The van der Waals surface area contributed by atoms with Crippen LogP contribution in [0.3, 0.4) is 0 Å². The third-order valence-corrected chi connectivity index (χ3v) is 5.08. The van der Waals surface area contributed by atoms with Crippen LogP contribution in [0.5, 0.6) is 0 Å². The zero-order valence-electron chi connectivity index (χ0n) is 11.3. The maximum absolute atomic E-state index is 10.6. The molecular formula is C15H19BrClNO2. The summed E-state index contributed by atoms with van der Waals surface area (Å²) < 4.78 is 0.938. The highest BCUT2D eigenvalue weighted by Gasteiger charge is 2.19. The summed E-state index contributed by atoms with van der Waals surface area (Å²) in [4.78, 5) is 13.0. The Labute approximate surface area is 133 Å². The third kappa shape index (κ3) is 4.76. The minimum absolute atomic E-state index is 0.300. The van der Waals surface area contributed by atoms with E-state index in [2.05, 4.69) is 33.0 Å². The molecule has 0 saturated carbocycles. The van der Waals surface area contributed by atoms with Crippen LogP contribution in [-0.2, 0) is 11.3 Å². The average molecular weight is 361 g/mol. The van der Waals surface area contributed by atoms with E-state index >= 15 is 0 Å². The molecule has 2 rings (SSSR count). The van der Waals surface area contributed by atoms with Gasteiger partial charge in [0.15, 0.2) is 0 Å². The van der Waals surface area contributed by atoms with Gasteiger partial charge < -0.3 is 5.11 Å². The molecule has 1 saturated heterocycles. The number of carboxylic acids is 1. The average Bonchev–Trinajstić information content (AvgIpc) is 2.42. The summed E-state index contributed by atoms with van der Waals surface area (Å²) in [5.74, 6) is -0.113. The fourth-order valence-corrected chi connectivity index (χ4v) is 3.20. The van der Waals surface area contributed by atoms with Crippen molar-refractivity contribution in [1.29, 1.82) is 0 Å². The van der Waals surface area contributed by atoms with Crippen LogP contribution in [-0.4, -0.2) is 29.1 Å². The number of halogens is 2. The summed E-state index contributed by atoms with van der Waals surface area (Å²) in [5, 5.41) is 9.45. The maximum Gasteiger partial charge on any atom is 0.303 e. The van der Waals surface area contributed by atoms with Crippen molar-refractivity contribution in [3.8, 4) is 0 Å². The van der Waals surface area contributed by atoms with Gasteiger partial charge in [0.2, 0.25) is 0 Å². The summed E-state index contributed by atoms with van der Waals surface area (Å²) in [6.07, 6.45) is 3.31. The molecule has 1 aromatic carbocycles. The molecule has 1 fully saturated rings. The van der Waals surface area contributed by atoms with Gasteiger partial charge in [0.1, 0.15) is 0 Å². The monoisotopic (exact) mass is 359 g/mol. The van der Waals surface area contributed by atoms with E-state index in [-0.39, 0.29) is 0 Å². The first kappa shape index (κ1) is 15.8. The molecule has 110 valence electrons. The molecule has 0 bridgehead atoms. The molecule has 1 aliphatic rings. The molecular weight excluding hydrogens is 342 g/mol. The molecule has 0 spiro atoms. The van der Waals surface area contributed by atoms with E-state index < -0.39 is 5.97 Å². The van der Waals surface area contributed by atoms with Crippen molar-refractivity contribution in [3.63, 3.8) is 0 Å². The van der Waals surface area contributed by atoms with E-state index in [1.54, 1.807) is 0 Å². The highest BCUT2D eigenvalue weighted by atomic mass is 79.9. The number of benzene rings is 1. The minimum atomic E-state index is -0.682. The van der Waals surface area contributed by atoms with E-state index in [0.29, 0.717) is 12.3 Å². The van der Waals surface area contributed by atoms with E-state index in [9.17, 15) is 4.79 Å². The smallest absolute Gasteiger partial charge is 0.303 e. The minimum Gasteiger partial charge on any atom is -0.481 e. The van der Waals surface area contributed by atoms with Crippen LogP contribution in [0.25, 0.3) is 0 Å². The molecule has 1 aromatic rings. The third-order valence-electron chi connectivity index (χ3n) is 3.86. The fraction of sp³-hybridized carbons (Fsp3) is 0.533. The topological polar surface area (TPSA) is 40.5 Å². The number of likely N-dealkylation sites (tertiary alicyclic amines) is 1. The Balaban J connectivity index is 1.79. The lowest BCUT2D eigenvalue weighted by atomic mass is 9.92. The Morgan fingerprint density at radius 1 is 1.40 bits per heavy atom. The SMILES string of the molecule is O=C(O)CCC1CCN(Cc2ccc(Cl)c(Br)c2)CC1. The quantitative estimate of drug-likeness (QED) is 0.856. The Morgan fingerprint density at radius 2 is 2.10 bits per heavy atom. The maximum atomic E-state index is 10.6. The number of carboxylic acid groups (broad SMARTS) is 1. The number of hydrogen-bond donors (Lipinski definition) is 1. The Bertz CT molecular complexity index is 473. The van der Waals surface area contributed by atoms with Crippen LogP contribution < -0.4 is 0 Å². The predicted molar refractivity (Wildman–Crippen MR) is 84.0 cm³/mol. The number of aliphatic carboxylic acids is 1. The van der Waals surface area contributed by atoms with Gasteiger partial charge in [-0.05, 0) is 71.9 Å². The van der Waals surface area contributed by atoms with Crippen molar-refractivity contribution in [3.05, 3.63) is 33.3 Å². The Morgan fingerprint density at radius 3 is 2.70 bits per heavy atom. The predicted octanol–water partition coefficient (Wildman–Crippen LogP) is 4.18. The van der Waals surface area contributed by atoms with Crippen molar-refractivity contribution >= 4 is 33.5 Å². The zero-order valence-corrected chi connectivity index (χ0v) is 13.7. The first-order chi connectivity index (χ1) is 9.54. The number of carbonyl (C=O) groups is 1. The van der Waals surface area contributed by atoms with E-state index in [1.165, 1.54) is 5.56 Å². The van der Waals surface area contributed by atoms with Gasteiger partial charge in [-0.1, -0.05) is 17.7 Å². The van der Waals surface area contributed by atoms with Crippen molar-refractivity contribution in [2.45, 2.75) is 32.2 Å². The van der Waals surface area contributed by atoms with Crippen LogP contribution in [0.15, 0.2) is 22.7 Å². The summed E-state index contributed by atoms with van der Waals surface area (Å²) in [6.45, 7) is 3.02. The number of hydrogen-bond acceptors (Lipinski definition) is 2. The largest absolute Gasteiger partial charge is 0.481 e. The first-order valence-electron chi connectivity index (χ1n) is 6.92. The second-order valence-corrected chi connectivity index (χ2v) is 6.66. The van der Waals surface area contributed by atoms with Crippen LogP contribution in [0.1, 0.15) is 31.2 Å². The number of piperidine rings is 1. The van der Waals surface area contributed by atoms with Crippen molar-refractivity contribution in [2.75, 3.05) is 13.1 Å². The van der Waals surface area contributed by atoms with Gasteiger partial charge >= 0.3 is 5.97 Å². The molecule has 20 heavy (non-hydrogen) atoms. The van der Waals surface area contributed by atoms with Gasteiger partial charge in [0, 0.05) is 17.4 Å². The van der Waals surface area contributed by atoms with Crippen LogP contribution >= 0.6 is 27.5 Å². The second kappa shape index (κ2) is 7.43. The summed E-state index contributed by atoms with van der Waals surface area (Å²) in [6, 6.07) is 6.04. The number of rotatable bonds is 5.